The highest BCUT2D eigenvalue weighted by Gasteiger charge is 2.18. The van der Waals surface area contributed by atoms with E-state index in [1.54, 1.807) is 20.8 Å². The fraction of sp³-hybridized carbons (Fsp3) is 0.800. The second-order valence-electron chi connectivity index (χ2n) is 4.28. The first-order chi connectivity index (χ1) is 7.26. The van der Waals surface area contributed by atoms with Crippen LogP contribution < -0.4 is 5.32 Å². The number of amides is 1. The Morgan fingerprint density at radius 2 is 1.94 bits per heavy atom. The number of rotatable bonds is 5. The lowest BCUT2D eigenvalue weighted by Crippen LogP contribution is -2.35. The van der Waals surface area contributed by atoms with E-state index in [4.69, 9.17) is 14.6 Å². The largest absolute Gasteiger partial charge is 0.479 e. The van der Waals surface area contributed by atoms with E-state index in [2.05, 4.69) is 5.32 Å². The van der Waals surface area contributed by atoms with Crippen LogP contribution in [0.3, 0.4) is 0 Å². The second-order valence-corrected chi connectivity index (χ2v) is 4.28. The van der Waals surface area contributed by atoms with Gasteiger partial charge in [-0.05, 0) is 20.8 Å². The highest BCUT2D eigenvalue weighted by molar-refractivity contribution is 5.72. The summed E-state index contributed by atoms with van der Waals surface area (Å²) in [5.41, 5.74) is -0.558. The molecule has 0 aromatic heterocycles. The van der Waals surface area contributed by atoms with E-state index in [1.807, 2.05) is 0 Å². The third kappa shape index (κ3) is 7.05. The van der Waals surface area contributed by atoms with Crippen molar-refractivity contribution in [3.8, 4) is 0 Å². The minimum absolute atomic E-state index is 0.194. The van der Waals surface area contributed by atoms with Crippen LogP contribution >= 0.6 is 0 Å². The van der Waals surface area contributed by atoms with Crippen LogP contribution in [0.15, 0.2) is 0 Å². The molecule has 0 fully saturated rings. The molecule has 0 bridgehead atoms. The number of carboxylic acid groups (broad SMARTS) is 1. The van der Waals surface area contributed by atoms with Gasteiger partial charge in [0.2, 0.25) is 0 Å². The van der Waals surface area contributed by atoms with Gasteiger partial charge in [0, 0.05) is 20.1 Å². The maximum Gasteiger partial charge on any atom is 0.407 e. The molecule has 0 unspecified atom stereocenters. The molecule has 2 N–H and O–H groups in total. The number of aliphatic carboxylic acids is 1. The number of hydrogen-bond acceptors (Lipinski definition) is 4. The minimum Gasteiger partial charge on any atom is -0.479 e. The number of carbonyl (C=O) groups excluding carboxylic acids is 1. The predicted octanol–water partition coefficient (Wildman–Crippen LogP) is 1.00. The molecule has 94 valence electrons. The Labute approximate surface area is 94.9 Å². The van der Waals surface area contributed by atoms with Crippen LogP contribution in [0.2, 0.25) is 0 Å². The molecule has 0 aromatic carbocycles. The Balaban J connectivity index is 3.81. The summed E-state index contributed by atoms with van der Waals surface area (Å²) in [4.78, 5) is 21.7. The van der Waals surface area contributed by atoms with Crippen LogP contribution in [0.4, 0.5) is 4.79 Å². The van der Waals surface area contributed by atoms with Gasteiger partial charge in [-0.3, -0.25) is 0 Å². The molecule has 0 heterocycles. The maximum atomic E-state index is 11.2. The average molecular weight is 233 g/mol. The van der Waals surface area contributed by atoms with E-state index in [1.165, 1.54) is 7.11 Å². The number of carboxylic acids is 1. The Kier molecular flexibility index (Phi) is 5.81. The zero-order valence-electron chi connectivity index (χ0n) is 10.1. The minimum atomic E-state index is -1.05. The third-order valence-electron chi connectivity index (χ3n) is 1.63. The molecule has 16 heavy (non-hydrogen) atoms. The normalized spacial score (nSPS) is 13.0. The van der Waals surface area contributed by atoms with Crippen LogP contribution in [0.25, 0.3) is 0 Å². The molecule has 0 spiro atoms. The van der Waals surface area contributed by atoms with Crippen molar-refractivity contribution >= 4 is 12.1 Å². The van der Waals surface area contributed by atoms with Gasteiger partial charge in [-0.1, -0.05) is 0 Å². The smallest absolute Gasteiger partial charge is 0.407 e. The summed E-state index contributed by atoms with van der Waals surface area (Å²) in [5.74, 6) is -1.05. The Bertz CT molecular complexity index is 246. The van der Waals surface area contributed by atoms with Gasteiger partial charge in [0.05, 0.1) is 0 Å². The molecule has 0 saturated carbocycles. The summed E-state index contributed by atoms with van der Waals surface area (Å²) in [7, 11) is 1.31. The lowest BCUT2D eigenvalue weighted by molar-refractivity contribution is -0.148. The summed E-state index contributed by atoms with van der Waals surface area (Å²) in [5, 5.41) is 11.1. The fourth-order valence-electron chi connectivity index (χ4n) is 0.962. The van der Waals surface area contributed by atoms with Crippen LogP contribution in [0.5, 0.6) is 0 Å². The van der Waals surface area contributed by atoms with E-state index in [0.717, 1.165) is 0 Å². The summed E-state index contributed by atoms with van der Waals surface area (Å²) in [6.07, 6.45) is -1.27. The highest BCUT2D eigenvalue weighted by atomic mass is 16.6. The SMILES string of the molecule is CO[C@H](CCNC(=O)OC(C)(C)C)C(=O)O. The summed E-state index contributed by atoms with van der Waals surface area (Å²) in [6, 6.07) is 0. The van der Waals surface area contributed by atoms with Crippen LogP contribution in [0, 0.1) is 0 Å². The molecule has 0 saturated heterocycles. The zero-order chi connectivity index (χ0) is 12.8. The van der Waals surface area contributed by atoms with E-state index in [9.17, 15) is 9.59 Å². The molecule has 6 nitrogen and oxygen atoms in total. The molecule has 0 aliphatic heterocycles. The number of alkyl carbamates (subject to hydrolysis) is 1. The lowest BCUT2D eigenvalue weighted by atomic mass is 10.2. The van der Waals surface area contributed by atoms with Gasteiger partial charge in [-0.15, -0.1) is 0 Å². The van der Waals surface area contributed by atoms with Crippen molar-refractivity contribution in [2.75, 3.05) is 13.7 Å². The van der Waals surface area contributed by atoms with E-state index in [-0.39, 0.29) is 13.0 Å². The van der Waals surface area contributed by atoms with Crippen molar-refractivity contribution in [1.29, 1.82) is 0 Å². The summed E-state index contributed by atoms with van der Waals surface area (Å²) < 4.78 is 9.68. The molecule has 1 amide bonds. The number of nitrogens with one attached hydrogen (secondary N) is 1. The first-order valence-electron chi connectivity index (χ1n) is 4.98. The molecule has 0 aromatic rings. The molecule has 0 aliphatic carbocycles. The van der Waals surface area contributed by atoms with Crippen molar-refractivity contribution in [3.05, 3.63) is 0 Å². The average Bonchev–Trinajstić information content (AvgIpc) is 2.08. The van der Waals surface area contributed by atoms with Gasteiger partial charge < -0.3 is 19.9 Å². The van der Waals surface area contributed by atoms with Gasteiger partial charge >= 0.3 is 12.1 Å². The number of carbonyl (C=O) groups is 2. The van der Waals surface area contributed by atoms with Crippen LogP contribution in [0.1, 0.15) is 27.2 Å². The first kappa shape index (κ1) is 14.7. The quantitative estimate of drug-likeness (QED) is 0.740. The topological polar surface area (TPSA) is 84.9 Å². The van der Waals surface area contributed by atoms with Crippen molar-refractivity contribution in [2.24, 2.45) is 0 Å². The van der Waals surface area contributed by atoms with E-state index < -0.39 is 23.8 Å². The molecule has 0 radical (unpaired) electrons. The van der Waals surface area contributed by atoms with Gasteiger partial charge in [0.15, 0.2) is 6.10 Å². The van der Waals surface area contributed by atoms with Crippen molar-refractivity contribution in [1.82, 2.24) is 5.32 Å². The number of methoxy groups -OCH3 is 1. The molecular weight excluding hydrogens is 214 g/mol. The monoisotopic (exact) mass is 233 g/mol. The van der Waals surface area contributed by atoms with Gasteiger partial charge in [-0.2, -0.15) is 0 Å². The van der Waals surface area contributed by atoms with Gasteiger partial charge in [-0.25, -0.2) is 9.59 Å². The van der Waals surface area contributed by atoms with Crippen molar-refractivity contribution in [2.45, 2.75) is 38.9 Å². The number of ether oxygens (including phenoxy) is 2. The summed E-state index contributed by atoms with van der Waals surface area (Å²) in [6.45, 7) is 5.45. The Hall–Kier alpha value is -1.30. The summed E-state index contributed by atoms with van der Waals surface area (Å²) >= 11 is 0. The second kappa shape index (κ2) is 6.32. The zero-order valence-corrected chi connectivity index (χ0v) is 10.1. The van der Waals surface area contributed by atoms with Crippen molar-refractivity contribution in [3.63, 3.8) is 0 Å². The number of hydrogen-bond donors (Lipinski definition) is 2. The lowest BCUT2D eigenvalue weighted by Gasteiger charge is -2.20. The van der Waals surface area contributed by atoms with E-state index >= 15 is 0 Å². The third-order valence-corrected chi connectivity index (χ3v) is 1.63. The van der Waals surface area contributed by atoms with Crippen LogP contribution in [-0.4, -0.2) is 42.5 Å². The standard InChI is InChI=1S/C10H19NO5/c1-10(2,3)16-9(14)11-6-5-7(15-4)8(12)13/h7H,5-6H2,1-4H3,(H,11,14)(H,12,13)/t7-/m1/s1. The van der Waals surface area contributed by atoms with E-state index in [0.29, 0.717) is 0 Å². The van der Waals surface area contributed by atoms with Gasteiger partial charge in [0.25, 0.3) is 0 Å². The fourth-order valence-corrected chi connectivity index (χ4v) is 0.962. The van der Waals surface area contributed by atoms with Crippen LogP contribution in [-0.2, 0) is 14.3 Å². The molecule has 0 aliphatic rings. The van der Waals surface area contributed by atoms with Gasteiger partial charge in [0.1, 0.15) is 5.60 Å². The Morgan fingerprint density at radius 1 is 1.38 bits per heavy atom. The molecule has 1 atom stereocenters. The maximum absolute atomic E-state index is 11.2. The Morgan fingerprint density at radius 3 is 2.31 bits per heavy atom. The molecule has 6 heteroatoms. The van der Waals surface area contributed by atoms with Crippen molar-refractivity contribution < 1.29 is 24.2 Å². The molecule has 0 rings (SSSR count). The first-order valence-corrected chi connectivity index (χ1v) is 4.98. The highest BCUT2D eigenvalue weighted by Crippen LogP contribution is 2.06. The predicted molar refractivity (Wildman–Crippen MR) is 57.3 cm³/mol. The molecular formula is C10H19NO5.